The first-order valence-electron chi connectivity index (χ1n) is 6.77. The number of anilines is 2. The van der Waals surface area contributed by atoms with Gasteiger partial charge in [-0.05, 0) is 25.2 Å². The lowest BCUT2D eigenvalue weighted by Gasteiger charge is -2.31. The van der Waals surface area contributed by atoms with Crippen LogP contribution in [0.2, 0.25) is 0 Å². The second-order valence-corrected chi connectivity index (χ2v) is 5.54. The van der Waals surface area contributed by atoms with E-state index in [1.54, 1.807) is 0 Å². The van der Waals surface area contributed by atoms with Crippen LogP contribution in [0, 0.1) is 5.92 Å². The Balaban J connectivity index is 1.72. The number of fused-ring (bicyclic) bond motifs is 3. The van der Waals surface area contributed by atoms with Crippen molar-refractivity contribution >= 4 is 11.4 Å². The molecule has 96 valence electrons. The molecular weight excluding hydrogens is 228 g/mol. The predicted molar refractivity (Wildman–Crippen MR) is 70.3 cm³/mol. The first-order chi connectivity index (χ1) is 8.81. The van der Waals surface area contributed by atoms with E-state index in [9.17, 15) is 0 Å². The molecule has 4 nitrogen and oxygen atoms in total. The van der Waals surface area contributed by atoms with Gasteiger partial charge < -0.3 is 20.1 Å². The Morgan fingerprint density at radius 1 is 1.11 bits per heavy atom. The summed E-state index contributed by atoms with van der Waals surface area (Å²) in [4.78, 5) is 2.46. The summed E-state index contributed by atoms with van der Waals surface area (Å²) in [5, 5.41) is 0. The zero-order chi connectivity index (χ0) is 12.1. The fourth-order valence-electron chi connectivity index (χ4n) is 3.56. The fraction of sp³-hybridized carbons (Fsp3) is 0.571. The maximum Gasteiger partial charge on any atom is 0.163 e. The van der Waals surface area contributed by atoms with Crippen molar-refractivity contribution in [1.82, 2.24) is 0 Å². The van der Waals surface area contributed by atoms with Crippen molar-refractivity contribution in [2.24, 2.45) is 5.92 Å². The highest BCUT2D eigenvalue weighted by atomic mass is 16.6. The Bertz CT molecular complexity index is 489. The fourth-order valence-corrected chi connectivity index (χ4v) is 3.56. The van der Waals surface area contributed by atoms with Crippen LogP contribution in [-0.2, 0) is 0 Å². The Kier molecular flexibility index (Phi) is 2.13. The van der Waals surface area contributed by atoms with Crippen LogP contribution in [0.4, 0.5) is 11.4 Å². The number of benzene rings is 1. The molecule has 2 aliphatic heterocycles. The van der Waals surface area contributed by atoms with Crippen LogP contribution in [-0.4, -0.2) is 25.8 Å². The molecule has 3 aliphatic rings. The summed E-state index contributed by atoms with van der Waals surface area (Å²) in [6.07, 6.45) is 4.01. The van der Waals surface area contributed by atoms with Gasteiger partial charge in [0.2, 0.25) is 0 Å². The maximum atomic E-state index is 6.18. The Morgan fingerprint density at radius 3 is 2.56 bits per heavy atom. The van der Waals surface area contributed by atoms with Crippen molar-refractivity contribution in [3.05, 3.63) is 12.1 Å². The zero-order valence-electron chi connectivity index (χ0n) is 10.4. The van der Waals surface area contributed by atoms with E-state index < -0.39 is 0 Å². The lowest BCUT2D eigenvalue weighted by molar-refractivity contribution is 0.172. The number of nitrogen functional groups attached to an aromatic ring is 1. The van der Waals surface area contributed by atoms with Gasteiger partial charge in [-0.1, -0.05) is 0 Å². The molecule has 2 bridgehead atoms. The number of nitrogens with zero attached hydrogens (tertiary/aromatic N) is 1. The minimum atomic E-state index is 0.611. The average molecular weight is 246 g/mol. The maximum absolute atomic E-state index is 6.18. The van der Waals surface area contributed by atoms with Gasteiger partial charge in [0.05, 0.1) is 11.4 Å². The van der Waals surface area contributed by atoms with E-state index in [0.717, 1.165) is 35.3 Å². The normalized spacial score (nSPS) is 28.8. The van der Waals surface area contributed by atoms with Crippen molar-refractivity contribution in [2.75, 3.05) is 30.4 Å². The predicted octanol–water partition coefficient (Wildman–Crippen LogP) is 2.03. The molecule has 2 fully saturated rings. The molecular formula is C14H18N2O2. The van der Waals surface area contributed by atoms with E-state index in [4.69, 9.17) is 15.2 Å². The average Bonchev–Trinajstić information content (AvgIpc) is 3.00. The molecule has 2 N–H and O–H groups in total. The topological polar surface area (TPSA) is 47.7 Å². The molecule has 2 atom stereocenters. The van der Waals surface area contributed by atoms with Crippen molar-refractivity contribution in [1.29, 1.82) is 0 Å². The van der Waals surface area contributed by atoms with Gasteiger partial charge in [0, 0.05) is 24.7 Å². The highest BCUT2D eigenvalue weighted by Gasteiger charge is 2.38. The molecule has 1 aromatic carbocycles. The number of ether oxygens (including phenoxy) is 2. The Hall–Kier alpha value is -1.58. The highest BCUT2D eigenvalue weighted by molar-refractivity contribution is 5.74. The lowest BCUT2D eigenvalue weighted by atomic mass is 10.1. The van der Waals surface area contributed by atoms with Crippen LogP contribution in [0.5, 0.6) is 11.5 Å². The first-order valence-corrected chi connectivity index (χ1v) is 6.77. The summed E-state index contributed by atoms with van der Waals surface area (Å²) in [5.41, 5.74) is 8.12. The van der Waals surface area contributed by atoms with Gasteiger partial charge in [-0.15, -0.1) is 0 Å². The van der Waals surface area contributed by atoms with Crippen molar-refractivity contribution in [3.8, 4) is 11.5 Å². The van der Waals surface area contributed by atoms with E-state index in [0.29, 0.717) is 19.3 Å². The van der Waals surface area contributed by atoms with Gasteiger partial charge in [-0.25, -0.2) is 0 Å². The number of hydrogen-bond acceptors (Lipinski definition) is 4. The van der Waals surface area contributed by atoms with Gasteiger partial charge in [0.25, 0.3) is 0 Å². The van der Waals surface area contributed by atoms with Gasteiger partial charge in [0.15, 0.2) is 11.5 Å². The monoisotopic (exact) mass is 246 g/mol. The van der Waals surface area contributed by atoms with E-state index in [1.807, 2.05) is 6.07 Å². The van der Waals surface area contributed by atoms with E-state index >= 15 is 0 Å². The molecule has 2 unspecified atom stereocenters. The van der Waals surface area contributed by atoms with Crippen LogP contribution < -0.4 is 20.1 Å². The van der Waals surface area contributed by atoms with Gasteiger partial charge >= 0.3 is 0 Å². The summed E-state index contributed by atoms with van der Waals surface area (Å²) >= 11 is 0. The quantitative estimate of drug-likeness (QED) is 0.770. The largest absolute Gasteiger partial charge is 0.486 e. The van der Waals surface area contributed by atoms with Crippen molar-refractivity contribution < 1.29 is 9.47 Å². The Morgan fingerprint density at radius 2 is 1.89 bits per heavy atom. The van der Waals surface area contributed by atoms with Crippen LogP contribution in [0.15, 0.2) is 12.1 Å². The molecule has 0 amide bonds. The first kappa shape index (κ1) is 10.4. The van der Waals surface area contributed by atoms with Gasteiger partial charge in [0.1, 0.15) is 13.2 Å². The summed E-state index contributed by atoms with van der Waals surface area (Å²) in [5.74, 6) is 2.49. The molecule has 0 aromatic heterocycles. The summed E-state index contributed by atoms with van der Waals surface area (Å²) in [6, 6.07) is 4.65. The number of nitrogens with two attached hydrogens (primary N) is 1. The SMILES string of the molecule is Nc1cc2c(cc1N1CC3CCC1C3)OCCO2. The summed E-state index contributed by atoms with van der Waals surface area (Å²) < 4.78 is 11.2. The third-order valence-electron chi connectivity index (χ3n) is 4.41. The molecule has 1 aliphatic carbocycles. The molecule has 0 radical (unpaired) electrons. The third kappa shape index (κ3) is 1.44. The second-order valence-electron chi connectivity index (χ2n) is 5.54. The third-order valence-corrected chi connectivity index (χ3v) is 4.41. The molecule has 1 saturated heterocycles. The molecule has 0 spiro atoms. The van der Waals surface area contributed by atoms with Crippen molar-refractivity contribution in [3.63, 3.8) is 0 Å². The van der Waals surface area contributed by atoms with Crippen LogP contribution in [0.3, 0.4) is 0 Å². The number of rotatable bonds is 1. The molecule has 2 heterocycles. The lowest BCUT2D eigenvalue weighted by Crippen LogP contribution is -2.32. The standard InChI is InChI=1S/C14H18N2O2/c15-11-6-13-14(18-4-3-17-13)7-12(11)16-8-9-1-2-10(16)5-9/h6-7,9-10H,1-5,8,15H2. The van der Waals surface area contributed by atoms with Gasteiger partial charge in [-0.2, -0.15) is 0 Å². The van der Waals surface area contributed by atoms with Crippen LogP contribution in [0.25, 0.3) is 0 Å². The number of piperidine rings is 1. The summed E-state index contributed by atoms with van der Waals surface area (Å²) in [7, 11) is 0. The van der Waals surface area contributed by atoms with E-state index in [-0.39, 0.29) is 0 Å². The zero-order valence-corrected chi connectivity index (χ0v) is 10.4. The highest BCUT2D eigenvalue weighted by Crippen LogP contribution is 2.45. The second kappa shape index (κ2) is 3.70. The molecule has 4 heteroatoms. The molecule has 1 saturated carbocycles. The van der Waals surface area contributed by atoms with Gasteiger partial charge in [-0.3, -0.25) is 0 Å². The number of hydrogen-bond donors (Lipinski definition) is 1. The molecule has 18 heavy (non-hydrogen) atoms. The van der Waals surface area contributed by atoms with E-state index in [2.05, 4.69) is 11.0 Å². The minimum Gasteiger partial charge on any atom is -0.486 e. The smallest absolute Gasteiger partial charge is 0.163 e. The van der Waals surface area contributed by atoms with Crippen molar-refractivity contribution in [2.45, 2.75) is 25.3 Å². The van der Waals surface area contributed by atoms with Crippen LogP contribution in [0.1, 0.15) is 19.3 Å². The summed E-state index contributed by atoms with van der Waals surface area (Å²) in [6.45, 7) is 2.39. The van der Waals surface area contributed by atoms with Crippen LogP contribution >= 0.6 is 0 Å². The molecule has 4 rings (SSSR count). The Labute approximate surface area is 107 Å². The molecule has 1 aromatic rings. The van der Waals surface area contributed by atoms with E-state index in [1.165, 1.54) is 19.3 Å². The minimum absolute atomic E-state index is 0.611.